The molecule has 1 heteroatoms. The van der Waals surface area contributed by atoms with Gasteiger partial charge >= 0.3 is 0 Å². The molecule has 1 aromatic carbocycles. The van der Waals surface area contributed by atoms with Crippen molar-refractivity contribution in [1.82, 2.24) is 5.32 Å². The molecule has 1 N–H and O–H groups in total. The first-order valence-electron chi connectivity index (χ1n) is 6.17. The third-order valence-electron chi connectivity index (χ3n) is 4.04. The molecule has 1 saturated heterocycles. The minimum atomic E-state index is 0.831. The smallest absolute Gasteiger partial charge is 0.00201 e. The summed E-state index contributed by atoms with van der Waals surface area (Å²) in [7, 11) is 0. The van der Waals surface area contributed by atoms with Crippen LogP contribution >= 0.6 is 0 Å². The lowest BCUT2D eigenvalue weighted by Gasteiger charge is -2.39. The van der Waals surface area contributed by atoms with Gasteiger partial charge < -0.3 is 5.32 Å². The summed E-state index contributed by atoms with van der Waals surface area (Å²) in [6.45, 7) is 2.50. The highest BCUT2D eigenvalue weighted by Crippen LogP contribution is 2.40. The van der Waals surface area contributed by atoms with Crippen LogP contribution in [0.3, 0.4) is 0 Å². The van der Waals surface area contributed by atoms with E-state index >= 15 is 0 Å². The van der Waals surface area contributed by atoms with E-state index in [9.17, 15) is 0 Å². The number of nitrogens with one attached hydrogen (secondary N) is 1. The lowest BCUT2D eigenvalue weighted by Crippen LogP contribution is -2.40. The average Bonchev–Trinajstić information content (AvgIpc) is 2.30. The summed E-state index contributed by atoms with van der Waals surface area (Å²) in [5.41, 5.74) is 1.56. The zero-order valence-corrected chi connectivity index (χ0v) is 9.15. The Morgan fingerprint density at radius 1 is 0.867 bits per heavy atom. The van der Waals surface area contributed by atoms with Gasteiger partial charge in [-0.25, -0.2) is 0 Å². The maximum absolute atomic E-state index is 3.56. The molecule has 0 aromatic heterocycles. The van der Waals surface area contributed by atoms with Gasteiger partial charge in [0.25, 0.3) is 0 Å². The van der Waals surface area contributed by atoms with Crippen LogP contribution in [0.15, 0.2) is 30.3 Å². The van der Waals surface area contributed by atoms with Crippen molar-refractivity contribution in [2.45, 2.75) is 25.2 Å². The number of piperidine rings is 1. The van der Waals surface area contributed by atoms with Crippen molar-refractivity contribution in [1.29, 1.82) is 0 Å². The van der Waals surface area contributed by atoms with Gasteiger partial charge in [-0.1, -0.05) is 30.3 Å². The van der Waals surface area contributed by atoms with Gasteiger partial charge in [-0.2, -0.15) is 0 Å². The van der Waals surface area contributed by atoms with Gasteiger partial charge in [0.15, 0.2) is 0 Å². The molecule has 1 nitrogen and oxygen atoms in total. The van der Waals surface area contributed by atoms with Gasteiger partial charge in [-0.15, -0.1) is 0 Å². The number of hydrogen-bond acceptors (Lipinski definition) is 1. The minimum Gasteiger partial charge on any atom is -0.316 e. The second-order valence-corrected chi connectivity index (χ2v) is 5.21. The molecule has 1 saturated carbocycles. The fourth-order valence-electron chi connectivity index (χ4n) is 3.39. The summed E-state index contributed by atoms with van der Waals surface area (Å²) in [5, 5.41) is 3.56. The Morgan fingerprint density at radius 3 is 2.20 bits per heavy atom. The molecule has 2 atom stereocenters. The molecule has 2 unspecified atom stereocenters. The molecular weight excluding hydrogens is 182 g/mol. The fourth-order valence-corrected chi connectivity index (χ4v) is 3.39. The van der Waals surface area contributed by atoms with Gasteiger partial charge in [0.05, 0.1) is 0 Å². The third-order valence-corrected chi connectivity index (χ3v) is 4.04. The summed E-state index contributed by atoms with van der Waals surface area (Å²) < 4.78 is 0. The zero-order chi connectivity index (χ0) is 10.1. The highest BCUT2D eigenvalue weighted by molar-refractivity contribution is 5.20. The lowest BCUT2D eigenvalue weighted by atomic mass is 9.71. The summed E-state index contributed by atoms with van der Waals surface area (Å²) in [6, 6.07) is 11.1. The molecular formula is C14H19N. The Bertz CT molecular complexity index is 307. The van der Waals surface area contributed by atoms with Crippen LogP contribution in [-0.4, -0.2) is 13.1 Å². The predicted molar refractivity (Wildman–Crippen MR) is 62.9 cm³/mol. The van der Waals surface area contributed by atoms with Crippen LogP contribution in [0.4, 0.5) is 0 Å². The van der Waals surface area contributed by atoms with Crippen molar-refractivity contribution < 1.29 is 0 Å². The number of rotatable bonds is 1. The molecule has 1 heterocycles. The van der Waals surface area contributed by atoms with Crippen LogP contribution in [0, 0.1) is 11.8 Å². The van der Waals surface area contributed by atoms with Crippen molar-refractivity contribution in [2.75, 3.05) is 13.1 Å². The van der Waals surface area contributed by atoms with Crippen LogP contribution in [0.2, 0.25) is 0 Å². The quantitative estimate of drug-likeness (QED) is 0.736. The molecule has 1 aliphatic carbocycles. The SMILES string of the molecule is c1ccc(C2CC3CNCC(C3)C2)cc1. The molecule has 0 amide bonds. The van der Waals surface area contributed by atoms with E-state index in [1.807, 2.05) is 0 Å². The fraction of sp³-hybridized carbons (Fsp3) is 0.571. The Hall–Kier alpha value is -0.820. The molecule has 3 rings (SSSR count). The highest BCUT2D eigenvalue weighted by Gasteiger charge is 2.32. The van der Waals surface area contributed by atoms with Crippen molar-refractivity contribution in [3.63, 3.8) is 0 Å². The maximum Gasteiger partial charge on any atom is -0.00201 e. The predicted octanol–water partition coefficient (Wildman–Crippen LogP) is 2.79. The maximum atomic E-state index is 3.56. The van der Waals surface area contributed by atoms with Crippen LogP contribution in [-0.2, 0) is 0 Å². The van der Waals surface area contributed by atoms with Crippen LogP contribution in [0.25, 0.3) is 0 Å². The molecule has 80 valence electrons. The molecule has 0 radical (unpaired) electrons. The van der Waals surface area contributed by atoms with Crippen molar-refractivity contribution in [2.24, 2.45) is 11.8 Å². The first-order chi connectivity index (χ1) is 7.42. The topological polar surface area (TPSA) is 12.0 Å². The van der Waals surface area contributed by atoms with Crippen LogP contribution < -0.4 is 5.32 Å². The Kier molecular flexibility index (Phi) is 2.49. The van der Waals surface area contributed by atoms with E-state index in [1.165, 1.54) is 32.4 Å². The van der Waals surface area contributed by atoms with Gasteiger partial charge in [0.1, 0.15) is 0 Å². The van der Waals surface area contributed by atoms with Gasteiger partial charge in [-0.05, 0) is 55.7 Å². The number of hydrogen-bond donors (Lipinski definition) is 1. The van der Waals surface area contributed by atoms with E-state index in [-0.39, 0.29) is 0 Å². The van der Waals surface area contributed by atoms with Gasteiger partial charge in [-0.3, -0.25) is 0 Å². The van der Waals surface area contributed by atoms with E-state index in [4.69, 9.17) is 0 Å². The molecule has 2 fully saturated rings. The summed E-state index contributed by atoms with van der Waals surface area (Å²) in [5.74, 6) is 2.70. The van der Waals surface area contributed by atoms with Crippen molar-refractivity contribution in [3.8, 4) is 0 Å². The Balaban J connectivity index is 1.78. The summed E-state index contributed by atoms with van der Waals surface area (Å²) in [6.07, 6.45) is 4.26. The molecule has 0 spiro atoms. The average molecular weight is 201 g/mol. The normalized spacial score (nSPS) is 35.1. The van der Waals surface area contributed by atoms with Gasteiger partial charge in [0, 0.05) is 0 Å². The monoisotopic (exact) mass is 201 g/mol. The Labute approximate surface area is 91.9 Å². The molecule has 1 aliphatic heterocycles. The number of fused-ring (bicyclic) bond motifs is 2. The molecule has 2 aliphatic rings. The zero-order valence-electron chi connectivity index (χ0n) is 9.15. The van der Waals surface area contributed by atoms with E-state index in [0.717, 1.165) is 17.8 Å². The van der Waals surface area contributed by atoms with E-state index < -0.39 is 0 Å². The first kappa shape index (κ1) is 9.41. The first-order valence-corrected chi connectivity index (χ1v) is 6.17. The van der Waals surface area contributed by atoms with Gasteiger partial charge in [0.2, 0.25) is 0 Å². The summed E-state index contributed by atoms with van der Waals surface area (Å²) in [4.78, 5) is 0. The highest BCUT2D eigenvalue weighted by atomic mass is 14.9. The Morgan fingerprint density at radius 2 is 1.53 bits per heavy atom. The molecule has 1 aromatic rings. The lowest BCUT2D eigenvalue weighted by molar-refractivity contribution is 0.186. The third kappa shape index (κ3) is 1.93. The molecule has 2 bridgehead atoms. The largest absolute Gasteiger partial charge is 0.316 e. The van der Waals surface area contributed by atoms with E-state index in [2.05, 4.69) is 35.6 Å². The minimum absolute atomic E-state index is 0.831. The van der Waals surface area contributed by atoms with Crippen LogP contribution in [0.1, 0.15) is 30.7 Å². The van der Waals surface area contributed by atoms with E-state index in [0.29, 0.717) is 0 Å². The second kappa shape index (κ2) is 3.97. The van der Waals surface area contributed by atoms with Crippen molar-refractivity contribution >= 4 is 0 Å². The summed E-state index contributed by atoms with van der Waals surface area (Å²) >= 11 is 0. The van der Waals surface area contributed by atoms with Crippen molar-refractivity contribution in [3.05, 3.63) is 35.9 Å². The van der Waals surface area contributed by atoms with E-state index in [1.54, 1.807) is 5.56 Å². The number of benzene rings is 1. The molecule has 15 heavy (non-hydrogen) atoms. The second-order valence-electron chi connectivity index (χ2n) is 5.21. The van der Waals surface area contributed by atoms with Crippen LogP contribution in [0.5, 0.6) is 0 Å². The standard InChI is InChI=1S/C14H19N/c1-2-4-13(5-3-1)14-7-11-6-12(8-14)10-15-9-11/h1-5,11-12,14-15H,6-10H2.